The maximum absolute atomic E-state index is 13.6. The first-order chi connectivity index (χ1) is 15.8. The van der Waals surface area contributed by atoms with Gasteiger partial charge in [0.25, 0.3) is 5.56 Å². The first kappa shape index (κ1) is 22.3. The number of nitrogens with one attached hydrogen (secondary N) is 1. The SMILES string of the molecule is COc1ccc(NC(=O)Cn2c(=O)n(-c3ccc(F)cc3C)c(=O)c3sccc32)cc1OC. The lowest BCUT2D eigenvalue weighted by Gasteiger charge is -2.14. The van der Waals surface area contributed by atoms with Crippen LogP contribution < -0.4 is 26.0 Å². The highest BCUT2D eigenvalue weighted by atomic mass is 32.1. The number of aryl methyl sites for hydroxylation is 1. The molecular formula is C23H20FN3O5S. The van der Waals surface area contributed by atoms with Crippen molar-refractivity contribution < 1.29 is 18.7 Å². The molecule has 0 bridgehead atoms. The van der Waals surface area contributed by atoms with Crippen molar-refractivity contribution in [3.63, 3.8) is 0 Å². The summed E-state index contributed by atoms with van der Waals surface area (Å²) in [7, 11) is 2.99. The maximum atomic E-state index is 13.6. The second-order valence-corrected chi connectivity index (χ2v) is 8.11. The van der Waals surface area contributed by atoms with Crippen LogP contribution in [-0.4, -0.2) is 29.3 Å². The molecule has 1 amide bonds. The van der Waals surface area contributed by atoms with Crippen LogP contribution in [0.5, 0.6) is 11.5 Å². The molecule has 0 aliphatic rings. The molecule has 4 rings (SSSR count). The van der Waals surface area contributed by atoms with Crippen molar-refractivity contribution in [3.8, 4) is 17.2 Å². The summed E-state index contributed by atoms with van der Waals surface area (Å²) in [5, 5.41) is 4.40. The van der Waals surface area contributed by atoms with Crippen molar-refractivity contribution in [2.75, 3.05) is 19.5 Å². The van der Waals surface area contributed by atoms with Crippen molar-refractivity contribution in [3.05, 3.63) is 80.1 Å². The Morgan fingerprint density at radius 3 is 2.52 bits per heavy atom. The average Bonchev–Trinajstić information content (AvgIpc) is 3.28. The zero-order valence-corrected chi connectivity index (χ0v) is 18.9. The summed E-state index contributed by atoms with van der Waals surface area (Å²) in [6.45, 7) is 1.28. The van der Waals surface area contributed by atoms with Gasteiger partial charge in [0.05, 0.1) is 25.4 Å². The van der Waals surface area contributed by atoms with Crippen molar-refractivity contribution in [2.24, 2.45) is 0 Å². The molecule has 0 spiro atoms. The minimum absolute atomic E-state index is 0.260. The van der Waals surface area contributed by atoms with Crippen LogP contribution in [0.3, 0.4) is 0 Å². The molecule has 0 aliphatic carbocycles. The molecule has 0 unspecified atom stereocenters. The fourth-order valence-corrected chi connectivity index (χ4v) is 4.40. The molecule has 2 aromatic carbocycles. The molecule has 170 valence electrons. The third-order valence-corrected chi connectivity index (χ3v) is 6.02. The van der Waals surface area contributed by atoms with Crippen molar-refractivity contribution >= 4 is 33.1 Å². The largest absolute Gasteiger partial charge is 0.493 e. The lowest BCUT2D eigenvalue weighted by atomic mass is 10.2. The zero-order chi connectivity index (χ0) is 23.7. The number of aromatic nitrogens is 2. The second kappa shape index (κ2) is 8.91. The van der Waals surface area contributed by atoms with Gasteiger partial charge in [-0.05, 0) is 54.3 Å². The van der Waals surface area contributed by atoms with Crippen LogP contribution in [0.2, 0.25) is 0 Å². The lowest BCUT2D eigenvalue weighted by Crippen LogP contribution is -2.40. The van der Waals surface area contributed by atoms with Gasteiger partial charge in [-0.25, -0.2) is 13.8 Å². The van der Waals surface area contributed by atoms with E-state index in [-0.39, 0.29) is 12.2 Å². The van der Waals surface area contributed by atoms with Crippen LogP contribution in [-0.2, 0) is 11.3 Å². The van der Waals surface area contributed by atoms with E-state index >= 15 is 0 Å². The van der Waals surface area contributed by atoms with Crippen LogP contribution in [0.1, 0.15) is 5.56 Å². The van der Waals surface area contributed by atoms with E-state index < -0.39 is 23.0 Å². The maximum Gasteiger partial charge on any atom is 0.336 e. The van der Waals surface area contributed by atoms with Gasteiger partial charge in [0.15, 0.2) is 11.5 Å². The van der Waals surface area contributed by atoms with Gasteiger partial charge >= 0.3 is 5.69 Å². The third-order valence-electron chi connectivity index (χ3n) is 5.12. The molecule has 0 fully saturated rings. The number of benzene rings is 2. The molecule has 2 aromatic heterocycles. The number of amides is 1. The monoisotopic (exact) mass is 469 g/mol. The number of fused-ring (bicyclic) bond motifs is 1. The fourth-order valence-electron chi connectivity index (χ4n) is 3.58. The van der Waals surface area contributed by atoms with Gasteiger partial charge in [0.2, 0.25) is 5.91 Å². The number of hydrogen-bond acceptors (Lipinski definition) is 6. The van der Waals surface area contributed by atoms with Crippen molar-refractivity contribution in [1.82, 2.24) is 9.13 Å². The zero-order valence-electron chi connectivity index (χ0n) is 18.0. The summed E-state index contributed by atoms with van der Waals surface area (Å²) < 4.78 is 26.5. The van der Waals surface area contributed by atoms with Gasteiger partial charge in [-0.1, -0.05) is 0 Å². The van der Waals surface area contributed by atoms with Crippen LogP contribution in [0, 0.1) is 12.7 Å². The summed E-state index contributed by atoms with van der Waals surface area (Å²) >= 11 is 1.17. The minimum Gasteiger partial charge on any atom is -0.493 e. The fraction of sp³-hybridized carbons (Fsp3) is 0.174. The smallest absolute Gasteiger partial charge is 0.336 e. The summed E-state index contributed by atoms with van der Waals surface area (Å²) in [5.41, 5.74) is 0.282. The molecule has 0 saturated heterocycles. The molecular weight excluding hydrogens is 449 g/mol. The van der Waals surface area contributed by atoms with E-state index in [4.69, 9.17) is 9.47 Å². The topological polar surface area (TPSA) is 91.6 Å². The first-order valence-electron chi connectivity index (χ1n) is 9.85. The molecule has 8 nitrogen and oxygen atoms in total. The van der Waals surface area contributed by atoms with Crippen LogP contribution >= 0.6 is 11.3 Å². The summed E-state index contributed by atoms with van der Waals surface area (Å²) in [5.74, 6) is -0.00422. The molecule has 0 aliphatic heterocycles. The third kappa shape index (κ3) is 4.12. The van der Waals surface area contributed by atoms with Crippen LogP contribution in [0.15, 0.2) is 57.4 Å². The van der Waals surface area contributed by atoms with E-state index in [9.17, 15) is 18.8 Å². The molecule has 0 atom stereocenters. The Labute approximate surface area is 191 Å². The molecule has 10 heteroatoms. The van der Waals surface area contributed by atoms with Crippen molar-refractivity contribution in [2.45, 2.75) is 13.5 Å². The standard InChI is InChI=1S/C23H20FN3O5S/c1-13-10-14(24)4-6-16(13)27-22(29)21-17(8-9-33-21)26(23(27)30)12-20(28)25-15-5-7-18(31-2)19(11-15)32-3/h4-11H,12H2,1-3H3,(H,25,28). The van der Waals surface area contributed by atoms with E-state index in [0.717, 1.165) is 4.57 Å². The second-order valence-electron chi connectivity index (χ2n) is 7.19. The predicted molar refractivity (Wildman–Crippen MR) is 125 cm³/mol. The van der Waals surface area contributed by atoms with Crippen LogP contribution in [0.4, 0.5) is 10.1 Å². The van der Waals surface area contributed by atoms with Gasteiger partial charge in [-0.3, -0.25) is 14.2 Å². The molecule has 33 heavy (non-hydrogen) atoms. The van der Waals surface area contributed by atoms with Gasteiger partial charge in [-0.2, -0.15) is 0 Å². The quantitative estimate of drug-likeness (QED) is 0.468. The highest BCUT2D eigenvalue weighted by molar-refractivity contribution is 7.17. The summed E-state index contributed by atoms with van der Waals surface area (Å²) in [6.07, 6.45) is 0. The minimum atomic E-state index is -0.692. The molecule has 4 aromatic rings. The number of anilines is 1. The number of carbonyl (C=O) groups is 1. The normalized spacial score (nSPS) is 10.9. The Hall–Kier alpha value is -3.92. The number of nitrogens with zero attached hydrogens (tertiary/aromatic N) is 2. The number of ether oxygens (including phenoxy) is 2. The Kier molecular flexibility index (Phi) is 6.01. The van der Waals surface area contributed by atoms with Gasteiger partial charge in [0.1, 0.15) is 17.1 Å². The molecule has 0 radical (unpaired) electrons. The summed E-state index contributed by atoms with van der Waals surface area (Å²) in [6, 6.07) is 10.3. The molecule has 1 N–H and O–H groups in total. The number of thiophene rings is 1. The Bertz CT molecular complexity index is 1490. The van der Waals surface area contributed by atoms with E-state index in [1.165, 1.54) is 48.3 Å². The van der Waals surface area contributed by atoms with Gasteiger partial charge in [-0.15, -0.1) is 11.3 Å². The van der Waals surface area contributed by atoms with E-state index in [0.29, 0.717) is 33.0 Å². The highest BCUT2D eigenvalue weighted by Gasteiger charge is 2.19. The lowest BCUT2D eigenvalue weighted by molar-refractivity contribution is -0.116. The van der Waals surface area contributed by atoms with Gasteiger partial charge in [0, 0.05) is 11.8 Å². The first-order valence-corrected chi connectivity index (χ1v) is 10.7. The number of halogens is 1. The molecule has 2 heterocycles. The molecule has 0 saturated carbocycles. The van der Waals surface area contributed by atoms with Crippen molar-refractivity contribution in [1.29, 1.82) is 0 Å². The Balaban J connectivity index is 1.75. The number of rotatable bonds is 6. The average molecular weight is 469 g/mol. The van der Waals surface area contributed by atoms with E-state index in [1.54, 1.807) is 36.6 Å². The van der Waals surface area contributed by atoms with Crippen LogP contribution in [0.25, 0.3) is 15.9 Å². The number of carbonyl (C=O) groups excluding carboxylic acids is 1. The Morgan fingerprint density at radius 2 is 1.82 bits per heavy atom. The van der Waals surface area contributed by atoms with E-state index in [2.05, 4.69) is 5.32 Å². The van der Waals surface area contributed by atoms with Gasteiger partial charge < -0.3 is 14.8 Å². The Morgan fingerprint density at radius 1 is 1.06 bits per heavy atom. The number of methoxy groups -OCH3 is 2. The summed E-state index contributed by atoms with van der Waals surface area (Å²) in [4.78, 5) is 39.2. The number of hydrogen-bond donors (Lipinski definition) is 1. The highest BCUT2D eigenvalue weighted by Crippen LogP contribution is 2.29. The predicted octanol–water partition coefficient (Wildman–Crippen LogP) is 3.32. The van der Waals surface area contributed by atoms with E-state index in [1.807, 2.05) is 0 Å².